The SMILES string of the molecule is CCCCCCN(C(=O)Cc1ccccc1)C(C)c1nc2ccccc2c(=O)n1-c1cccc(C)c1. The Morgan fingerprint density at radius 2 is 1.69 bits per heavy atom. The van der Waals surface area contributed by atoms with Gasteiger partial charge in [0, 0.05) is 6.54 Å². The van der Waals surface area contributed by atoms with Crippen LogP contribution in [0.1, 0.15) is 62.5 Å². The zero-order valence-electron chi connectivity index (χ0n) is 21.5. The second-order valence-electron chi connectivity index (χ2n) is 9.45. The molecule has 1 atom stereocenters. The summed E-state index contributed by atoms with van der Waals surface area (Å²) in [5.41, 5.74) is 3.34. The van der Waals surface area contributed by atoms with Crippen molar-refractivity contribution in [2.45, 2.75) is 58.9 Å². The standard InChI is InChI=1S/C31H35N3O2/c1-4-5-6-12-20-33(29(35)22-25-15-8-7-9-16-25)24(3)30-32-28-19-11-10-18-27(28)31(36)34(30)26-17-13-14-23(2)21-26/h7-11,13-19,21,24H,4-6,12,20,22H2,1-3H3. The molecule has 0 fully saturated rings. The van der Waals surface area contributed by atoms with Crippen molar-refractivity contribution >= 4 is 16.8 Å². The number of fused-ring (bicyclic) bond motifs is 1. The first kappa shape index (κ1) is 25.4. The minimum atomic E-state index is -0.374. The van der Waals surface area contributed by atoms with E-state index in [-0.39, 0.29) is 17.5 Å². The molecule has 5 nitrogen and oxygen atoms in total. The lowest BCUT2D eigenvalue weighted by molar-refractivity contribution is -0.133. The summed E-state index contributed by atoms with van der Waals surface area (Å²) in [4.78, 5) is 34.3. The number of para-hydroxylation sites is 1. The first-order valence-corrected chi connectivity index (χ1v) is 12.9. The number of hydrogen-bond donors (Lipinski definition) is 0. The summed E-state index contributed by atoms with van der Waals surface area (Å²) in [6.07, 6.45) is 4.57. The molecule has 36 heavy (non-hydrogen) atoms. The van der Waals surface area contributed by atoms with Crippen LogP contribution < -0.4 is 5.56 Å². The topological polar surface area (TPSA) is 55.2 Å². The van der Waals surface area contributed by atoms with Gasteiger partial charge in [-0.2, -0.15) is 0 Å². The number of aryl methyl sites for hydroxylation is 1. The molecule has 0 saturated heterocycles. The zero-order chi connectivity index (χ0) is 25.5. The molecule has 4 aromatic rings. The van der Waals surface area contributed by atoms with E-state index in [4.69, 9.17) is 4.98 Å². The number of rotatable bonds is 10. The highest BCUT2D eigenvalue weighted by molar-refractivity contribution is 5.80. The lowest BCUT2D eigenvalue weighted by atomic mass is 10.1. The van der Waals surface area contributed by atoms with Crippen molar-refractivity contribution < 1.29 is 4.79 Å². The fourth-order valence-corrected chi connectivity index (χ4v) is 4.70. The fraction of sp³-hybridized carbons (Fsp3) is 0.323. The van der Waals surface area contributed by atoms with Crippen LogP contribution in [-0.2, 0) is 11.2 Å². The molecule has 0 bridgehead atoms. The number of aromatic nitrogens is 2. The fourth-order valence-electron chi connectivity index (χ4n) is 4.70. The minimum Gasteiger partial charge on any atom is -0.332 e. The molecule has 1 amide bonds. The Morgan fingerprint density at radius 1 is 0.944 bits per heavy atom. The zero-order valence-corrected chi connectivity index (χ0v) is 21.5. The molecule has 0 aliphatic carbocycles. The number of unbranched alkanes of at least 4 members (excludes halogenated alkanes) is 3. The van der Waals surface area contributed by atoms with Gasteiger partial charge in [0.2, 0.25) is 5.91 Å². The van der Waals surface area contributed by atoms with Crippen LogP contribution >= 0.6 is 0 Å². The predicted molar refractivity (Wildman–Crippen MR) is 146 cm³/mol. The molecule has 1 heterocycles. The third-order valence-corrected chi connectivity index (χ3v) is 6.67. The van der Waals surface area contributed by atoms with Crippen LogP contribution in [-0.4, -0.2) is 26.9 Å². The predicted octanol–water partition coefficient (Wildman–Crippen LogP) is 6.41. The van der Waals surface area contributed by atoms with Gasteiger partial charge in [-0.05, 0) is 55.7 Å². The van der Waals surface area contributed by atoms with Crippen LogP contribution in [0.15, 0.2) is 83.7 Å². The van der Waals surface area contributed by atoms with E-state index in [1.807, 2.05) is 97.6 Å². The van der Waals surface area contributed by atoms with E-state index in [1.54, 1.807) is 4.57 Å². The number of hydrogen-bond acceptors (Lipinski definition) is 3. The Labute approximate surface area is 213 Å². The van der Waals surface area contributed by atoms with Crippen molar-refractivity contribution in [2.24, 2.45) is 0 Å². The number of nitrogens with zero attached hydrogens (tertiary/aromatic N) is 3. The van der Waals surface area contributed by atoms with Crippen LogP contribution in [0.5, 0.6) is 0 Å². The summed E-state index contributed by atoms with van der Waals surface area (Å²) in [7, 11) is 0. The lowest BCUT2D eigenvalue weighted by Crippen LogP contribution is -2.39. The molecule has 0 N–H and O–H groups in total. The van der Waals surface area contributed by atoms with Crippen molar-refractivity contribution in [3.8, 4) is 5.69 Å². The van der Waals surface area contributed by atoms with E-state index < -0.39 is 0 Å². The van der Waals surface area contributed by atoms with E-state index in [9.17, 15) is 9.59 Å². The van der Waals surface area contributed by atoms with E-state index >= 15 is 0 Å². The van der Waals surface area contributed by atoms with Crippen molar-refractivity contribution in [3.05, 3.63) is 106 Å². The lowest BCUT2D eigenvalue weighted by Gasteiger charge is -2.31. The maximum Gasteiger partial charge on any atom is 0.266 e. The van der Waals surface area contributed by atoms with E-state index in [0.717, 1.165) is 42.5 Å². The molecule has 0 spiro atoms. The summed E-state index contributed by atoms with van der Waals surface area (Å²) in [5.74, 6) is 0.629. The molecule has 0 aliphatic rings. The average Bonchev–Trinajstić information content (AvgIpc) is 2.89. The highest BCUT2D eigenvalue weighted by Gasteiger charge is 2.26. The normalized spacial score (nSPS) is 12.0. The van der Waals surface area contributed by atoms with Gasteiger partial charge < -0.3 is 4.90 Å². The minimum absolute atomic E-state index is 0.0448. The number of carbonyl (C=O) groups is 1. The Morgan fingerprint density at radius 3 is 2.44 bits per heavy atom. The molecule has 0 saturated carbocycles. The van der Waals surface area contributed by atoms with E-state index in [2.05, 4.69) is 6.92 Å². The van der Waals surface area contributed by atoms with Crippen LogP contribution in [0.4, 0.5) is 0 Å². The largest absolute Gasteiger partial charge is 0.332 e. The Balaban J connectivity index is 1.80. The van der Waals surface area contributed by atoms with Crippen LogP contribution in [0.2, 0.25) is 0 Å². The molecular formula is C31H35N3O2. The summed E-state index contributed by atoms with van der Waals surface area (Å²) in [6, 6.07) is 24.8. The first-order chi connectivity index (χ1) is 17.5. The average molecular weight is 482 g/mol. The summed E-state index contributed by atoms with van der Waals surface area (Å²) < 4.78 is 1.69. The second-order valence-corrected chi connectivity index (χ2v) is 9.45. The van der Waals surface area contributed by atoms with Crippen molar-refractivity contribution in [1.82, 2.24) is 14.5 Å². The maximum atomic E-state index is 13.8. The molecule has 1 aromatic heterocycles. The highest BCUT2D eigenvalue weighted by atomic mass is 16.2. The maximum absolute atomic E-state index is 13.8. The Kier molecular flexibility index (Phi) is 8.32. The van der Waals surface area contributed by atoms with Gasteiger partial charge in [0.1, 0.15) is 5.82 Å². The Hall–Kier alpha value is -3.73. The van der Waals surface area contributed by atoms with E-state index in [0.29, 0.717) is 29.7 Å². The quantitative estimate of drug-likeness (QED) is 0.246. The van der Waals surface area contributed by atoms with Gasteiger partial charge in [-0.3, -0.25) is 14.2 Å². The van der Waals surface area contributed by atoms with Crippen molar-refractivity contribution in [1.29, 1.82) is 0 Å². The van der Waals surface area contributed by atoms with Gasteiger partial charge >= 0.3 is 0 Å². The summed E-state index contributed by atoms with van der Waals surface area (Å²) in [6.45, 7) is 6.81. The van der Waals surface area contributed by atoms with E-state index in [1.165, 1.54) is 0 Å². The molecule has 4 rings (SSSR count). The Bertz CT molecular complexity index is 1380. The number of benzene rings is 3. The van der Waals surface area contributed by atoms with Crippen molar-refractivity contribution in [3.63, 3.8) is 0 Å². The smallest absolute Gasteiger partial charge is 0.266 e. The van der Waals surface area contributed by atoms with Crippen molar-refractivity contribution in [2.75, 3.05) is 6.54 Å². The number of amides is 1. The second kappa shape index (κ2) is 11.8. The van der Waals surface area contributed by atoms with Gasteiger partial charge in [-0.25, -0.2) is 4.98 Å². The molecule has 0 aliphatic heterocycles. The molecule has 3 aromatic carbocycles. The van der Waals surface area contributed by atoms with Gasteiger partial charge in [0.15, 0.2) is 0 Å². The van der Waals surface area contributed by atoms with Crippen LogP contribution in [0.3, 0.4) is 0 Å². The molecular weight excluding hydrogens is 446 g/mol. The number of carbonyl (C=O) groups excluding carboxylic acids is 1. The van der Waals surface area contributed by atoms with Gasteiger partial charge in [0.05, 0.1) is 29.1 Å². The van der Waals surface area contributed by atoms with Crippen LogP contribution in [0, 0.1) is 6.92 Å². The first-order valence-electron chi connectivity index (χ1n) is 12.9. The highest BCUT2D eigenvalue weighted by Crippen LogP contribution is 2.25. The van der Waals surface area contributed by atoms with Gasteiger partial charge in [-0.15, -0.1) is 0 Å². The van der Waals surface area contributed by atoms with Gasteiger partial charge in [-0.1, -0.05) is 80.8 Å². The summed E-state index contributed by atoms with van der Waals surface area (Å²) in [5, 5.41) is 0.570. The third kappa shape index (κ3) is 5.73. The third-order valence-electron chi connectivity index (χ3n) is 6.67. The molecule has 5 heteroatoms. The van der Waals surface area contributed by atoms with Gasteiger partial charge in [0.25, 0.3) is 5.56 Å². The molecule has 1 unspecified atom stereocenters. The molecule has 0 radical (unpaired) electrons. The monoisotopic (exact) mass is 481 g/mol. The van der Waals surface area contributed by atoms with Crippen LogP contribution in [0.25, 0.3) is 16.6 Å². The summed E-state index contributed by atoms with van der Waals surface area (Å²) >= 11 is 0. The molecule has 186 valence electrons.